The highest BCUT2D eigenvalue weighted by atomic mass is 19.4. The Morgan fingerprint density at radius 1 is 1.30 bits per heavy atom. The summed E-state index contributed by atoms with van der Waals surface area (Å²) in [6.45, 7) is 6.00. The van der Waals surface area contributed by atoms with E-state index >= 15 is 0 Å². The Labute approximate surface area is 118 Å². The molecule has 0 aromatic heterocycles. The van der Waals surface area contributed by atoms with Crippen LogP contribution < -0.4 is 5.32 Å². The summed E-state index contributed by atoms with van der Waals surface area (Å²) in [7, 11) is 0. The predicted octanol–water partition coefficient (Wildman–Crippen LogP) is 4.73. The van der Waals surface area contributed by atoms with Gasteiger partial charge in [0, 0.05) is 12.1 Å². The molecule has 112 valence electrons. The Hall–Kier alpha value is -1.03. The number of alkyl halides is 3. The van der Waals surface area contributed by atoms with E-state index in [0.717, 1.165) is 18.4 Å². The molecule has 0 saturated carbocycles. The van der Waals surface area contributed by atoms with Gasteiger partial charge < -0.3 is 5.32 Å². The van der Waals surface area contributed by atoms with Gasteiger partial charge in [-0.3, -0.25) is 0 Å². The highest BCUT2D eigenvalue weighted by molar-refractivity contribution is 5.38. The standard InChI is InChI=1S/C16H22F3N/c1-11(10-16(17,18)19)20-14-8-9-15(2,3)13-7-5-4-6-12(13)14/h4-7,11,14,20H,8-10H2,1-3H3. The molecule has 1 aromatic carbocycles. The van der Waals surface area contributed by atoms with Crippen molar-refractivity contribution in [3.8, 4) is 0 Å². The van der Waals surface area contributed by atoms with Crippen LogP contribution in [0.2, 0.25) is 0 Å². The van der Waals surface area contributed by atoms with Gasteiger partial charge in [-0.1, -0.05) is 38.1 Å². The van der Waals surface area contributed by atoms with Gasteiger partial charge in [-0.25, -0.2) is 0 Å². The maximum Gasteiger partial charge on any atom is 0.390 e. The van der Waals surface area contributed by atoms with Crippen LogP contribution in [0.15, 0.2) is 24.3 Å². The van der Waals surface area contributed by atoms with E-state index in [-0.39, 0.29) is 11.5 Å². The van der Waals surface area contributed by atoms with Gasteiger partial charge in [0.05, 0.1) is 6.42 Å². The molecule has 2 unspecified atom stereocenters. The molecule has 4 heteroatoms. The lowest BCUT2D eigenvalue weighted by molar-refractivity contribution is -0.139. The van der Waals surface area contributed by atoms with Gasteiger partial charge in [0.15, 0.2) is 0 Å². The minimum atomic E-state index is -4.11. The number of hydrogen-bond donors (Lipinski definition) is 1. The van der Waals surface area contributed by atoms with Crippen molar-refractivity contribution >= 4 is 0 Å². The van der Waals surface area contributed by atoms with E-state index in [4.69, 9.17) is 0 Å². The van der Waals surface area contributed by atoms with E-state index in [9.17, 15) is 13.2 Å². The lowest BCUT2D eigenvalue weighted by Gasteiger charge is -2.38. The van der Waals surface area contributed by atoms with Gasteiger partial charge >= 0.3 is 6.18 Å². The zero-order valence-electron chi connectivity index (χ0n) is 12.2. The fourth-order valence-electron chi connectivity index (χ4n) is 3.14. The van der Waals surface area contributed by atoms with E-state index in [1.165, 1.54) is 5.56 Å². The lowest BCUT2D eigenvalue weighted by Crippen LogP contribution is -2.38. The molecule has 0 fully saturated rings. The number of halogens is 3. The zero-order valence-corrected chi connectivity index (χ0v) is 12.2. The maximum atomic E-state index is 12.4. The third kappa shape index (κ3) is 3.54. The Morgan fingerprint density at radius 3 is 2.60 bits per heavy atom. The normalized spacial score (nSPS) is 23.2. The molecule has 1 nitrogen and oxygen atoms in total. The molecular formula is C16H22F3N. The van der Waals surface area contributed by atoms with E-state index in [0.29, 0.717) is 0 Å². The van der Waals surface area contributed by atoms with Crippen molar-refractivity contribution in [2.45, 2.75) is 63.7 Å². The second-order valence-corrected chi connectivity index (χ2v) is 6.45. The van der Waals surface area contributed by atoms with Crippen molar-refractivity contribution in [1.82, 2.24) is 5.32 Å². The quantitative estimate of drug-likeness (QED) is 0.846. The molecule has 0 saturated heterocycles. The van der Waals surface area contributed by atoms with Gasteiger partial charge in [0.25, 0.3) is 0 Å². The molecule has 0 aliphatic heterocycles. The summed E-state index contributed by atoms with van der Waals surface area (Å²) >= 11 is 0. The van der Waals surface area contributed by atoms with E-state index in [1.807, 2.05) is 18.2 Å². The lowest BCUT2D eigenvalue weighted by atomic mass is 9.71. The fourth-order valence-corrected chi connectivity index (χ4v) is 3.14. The fraction of sp³-hybridized carbons (Fsp3) is 0.625. The maximum absolute atomic E-state index is 12.4. The van der Waals surface area contributed by atoms with Gasteiger partial charge in [0.1, 0.15) is 0 Å². The molecule has 0 heterocycles. The molecule has 1 N–H and O–H groups in total. The van der Waals surface area contributed by atoms with Gasteiger partial charge in [0.2, 0.25) is 0 Å². The average molecular weight is 285 g/mol. The van der Waals surface area contributed by atoms with Crippen LogP contribution in [-0.2, 0) is 5.41 Å². The first-order valence-corrected chi connectivity index (χ1v) is 7.11. The highest BCUT2D eigenvalue weighted by Gasteiger charge is 2.35. The smallest absolute Gasteiger partial charge is 0.307 e. The molecule has 0 bridgehead atoms. The third-order valence-electron chi connectivity index (χ3n) is 4.15. The first-order chi connectivity index (χ1) is 9.19. The van der Waals surface area contributed by atoms with Crippen LogP contribution in [0.25, 0.3) is 0 Å². The average Bonchev–Trinajstić information content (AvgIpc) is 2.31. The Kier molecular flexibility index (Phi) is 4.14. The van der Waals surface area contributed by atoms with Crippen LogP contribution in [0, 0.1) is 0 Å². The van der Waals surface area contributed by atoms with Crippen molar-refractivity contribution < 1.29 is 13.2 Å². The molecule has 1 aliphatic rings. The van der Waals surface area contributed by atoms with Crippen LogP contribution in [0.1, 0.15) is 57.2 Å². The summed E-state index contributed by atoms with van der Waals surface area (Å²) in [5.41, 5.74) is 2.50. The first-order valence-electron chi connectivity index (χ1n) is 7.11. The predicted molar refractivity (Wildman–Crippen MR) is 74.7 cm³/mol. The Balaban J connectivity index is 2.15. The molecule has 1 aliphatic carbocycles. The number of nitrogens with one attached hydrogen (secondary N) is 1. The summed E-state index contributed by atoms with van der Waals surface area (Å²) in [6.07, 6.45) is -3.03. The van der Waals surface area contributed by atoms with Gasteiger partial charge in [-0.05, 0) is 36.3 Å². The van der Waals surface area contributed by atoms with Crippen molar-refractivity contribution in [2.24, 2.45) is 0 Å². The van der Waals surface area contributed by atoms with Crippen molar-refractivity contribution in [3.63, 3.8) is 0 Å². The number of benzene rings is 1. The highest BCUT2D eigenvalue weighted by Crippen LogP contribution is 2.41. The minimum absolute atomic E-state index is 0.0246. The van der Waals surface area contributed by atoms with Crippen molar-refractivity contribution in [3.05, 3.63) is 35.4 Å². The summed E-state index contributed by atoms with van der Waals surface area (Å²) in [4.78, 5) is 0. The second kappa shape index (κ2) is 5.40. The molecule has 2 rings (SSSR count). The first kappa shape index (κ1) is 15.4. The van der Waals surface area contributed by atoms with Gasteiger partial charge in [-0.15, -0.1) is 0 Å². The van der Waals surface area contributed by atoms with Crippen LogP contribution in [0.3, 0.4) is 0 Å². The van der Waals surface area contributed by atoms with Crippen LogP contribution in [0.4, 0.5) is 13.2 Å². The topological polar surface area (TPSA) is 12.0 Å². The van der Waals surface area contributed by atoms with Crippen molar-refractivity contribution in [1.29, 1.82) is 0 Å². The molecular weight excluding hydrogens is 263 g/mol. The number of hydrogen-bond acceptors (Lipinski definition) is 1. The molecule has 0 amide bonds. The largest absolute Gasteiger partial charge is 0.390 e. The van der Waals surface area contributed by atoms with Crippen LogP contribution >= 0.6 is 0 Å². The number of fused-ring (bicyclic) bond motifs is 1. The Morgan fingerprint density at radius 2 is 1.95 bits per heavy atom. The summed E-state index contributed by atoms with van der Waals surface area (Å²) in [5, 5.41) is 3.15. The van der Waals surface area contributed by atoms with Crippen LogP contribution in [-0.4, -0.2) is 12.2 Å². The molecule has 20 heavy (non-hydrogen) atoms. The minimum Gasteiger partial charge on any atom is -0.307 e. The summed E-state index contributed by atoms with van der Waals surface area (Å²) in [5.74, 6) is 0. The molecule has 2 atom stereocenters. The second-order valence-electron chi connectivity index (χ2n) is 6.45. The van der Waals surface area contributed by atoms with E-state index in [1.54, 1.807) is 6.92 Å². The summed E-state index contributed by atoms with van der Waals surface area (Å²) < 4.78 is 37.3. The SMILES string of the molecule is CC(CC(F)(F)F)NC1CCC(C)(C)c2ccccc21. The zero-order chi connectivity index (χ0) is 15.0. The molecule has 1 aromatic rings. The monoisotopic (exact) mass is 285 g/mol. The van der Waals surface area contributed by atoms with E-state index < -0.39 is 18.6 Å². The molecule has 0 radical (unpaired) electrons. The van der Waals surface area contributed by atoms with Gasteiger partial charge in [-0.2, -0.15) is 13.2 Å². The Bertz CT molecular complexity index is 465. The summed E-state index contributed by atoms with van der Waals surface area (Å²) in [6, 6.07) is 7.56. The van der Waals surface area contributed by atoms with Crippen molar-refractivity contribution in [2.75, 3.05) is 0 Å². The van der Waals surface area contributed by atoms with E-state index in [2.05, 4.69) is 25.2 Å². The third-order valence-corrected chi connectivity index (χ3v) is 4.15. The number of rotatable bonds is 3. The van der Waals surface area contributed by atoms with Crippen LogP contribution in [0.5, 0.6) is 0 Å². The molecule has 0 spiro atoms.